The Morgan fingerprint density at radius 1 is 1.00 bits per heavy atom. The van der Waals surface area contributed by atoms with E-state index in [0.717, 1.165) is 48.8 Å². The van der Waals surface area contributed by atoms with Crippen molar-refractivity contribution < 1.29 is 32.5 Å². The van der Waals surface area contributed by atoms with Crippen LogP contribution in [0, 0.1) is 6.92 Å². The molecule has 1 aromatic heterocycles. The molecule has 7 nitrogen and oxygen atoms in total. The summed E-state index contributed by atoms with van der Waals surface area (Å²) in [7, 11) is 0. The average Bonchev–Trinajstić information content (AvgIpc) is 2.97. The van der Waals surface area contributed by atoms with Crippen LogP contribution in [0.4, 0.5) is 13.2 Å². The standard InChI is InChI=1S/C33H40F3N3O4/c1-4-42-17-18-43-31(40)20-29-23-38(21-25-11-13-37-14-12-25)15-16-39(29)22-26-5-10-30(24(2)19-26)27-6-8-28(9-7-27)32(3,41)33(34,35)36/h5-14,19,29,41H,4,15-18,20-23H2,1-3H3/t29-,32?/m1/s1. The van der Waals surface area contributed by atoms with Crippen molar-refractivity contribution in [2.75, 3.05) is 39.5 Å². The molecule has 0 amide bonds. The first kappa shape index (κ1) is 32.6. The third-order valence-electron chi connectivity index (χ3n) is 7.93. The van der Waals surface area contributed by atoms with Crippen molar-refractivity contribution in [2.24, 2.45) is 0 Å². The van der Waals surface area contributed by atoms with Crippen LogP contribution < -0.4 is 0 Å². The molecule has 3 aromatic rings. The molecule has 0 aliphatic carbocycles. The zero-order valence-electron chi connectivity index (χ0n) is 24.9. The van der Waals surface area contributed by atoms with Crippen molar-refractivity contribution in [2.45, 2.75) is 58.1 Å². The van der Waals surface area contributed by atoms with Gasteiger partial charge in [0.25, 0.3) is 0 Å². The molecule has 4 rings (SSSR count). The molecule has 10 heteroatoms. The molecule has 2 atom stereocenters. The third-order valence-corrected chi connectivity index (χ3v) is 7.93. The average molecular weight is 600 g/mol. The largest absolute Gasteiger partial charge is 0.463 e. The number of carbonyl (C=O) groups is 1. The van der Waals surface area contributed by atoms with Crippen LogP contribution in [-0.4, -0.2) is 77.5 Å². The van der Waals surface area contributed by atoms with Gasteiger partial charge in [0.1, 0.15) is 6.61 Å². The summed E-state index contributed by atoms with van der Waals surface area (Å²) in [5.74, 6) is -0.250. The van der Waals surface area contributed by atoms with Crippen LogP contribution in [0.25, 0.3) is 11.1 Å². The van der Waals surface area contributed by atoms with E-state index >= 15 is 0 Å². The van der Waals surface area contributed by atoms with Gasteiger partial charge in [-0.2, -0.15) is 13.2 Å². The van der Waals surface area contributed by atoms with E-state index in [4.69, 9.17) is 9.47 Å². The van der Waals surface area contributed by atoms with Gasteiger partial charge in [-0.1, -0.05) is 42.5 Å². The molecule has 2 heterocycles. The summed E-state index contributed by atoms with van der Waals surface area (Å²) in [5.41, 5.74) is 1.78. The lowest BCUT2D eigenvalue weighted by molar-refractivity contribution is -0.258. The van der Waals surface area contributed by atoms with Crippen LogP contribution in [0.3, 0.4) is 0 Å². The van der Waals surface area contributed by atoms with Gasteiger partial charge in [0, 0.05) is 57.8 Å². The minimum absolute atomic E-state index is 0.0378. The molecule has 1 N–H and O–H groups in total. The molecule has 43 heavy (non-hydrogen) atoms. The Hall–Kier alpha value is -3.31. The number of esters is 1. The van der Waals surface area contributed by atoms with Gasteiger partial charge in [-0.05, 0) is 66.3 Å². The maximum absolute atomic E-state index is 13.3. The number of alkyl halides is 3. The fourth-order valence-corrected chi connectivity index (χ4v) is 5.38. The van der Waals surface area contributed by atoms with Crippen molar-refractivity contribution in [3.63, 3.8) is 0 Å². The summed E-state index contributed by atoms with van der Waals surface area (Å²) in [5, 5.41) is 9.99. The molecule has 0 bridgehead atoms. The Labute approximate surface area is 251 Å². The second-order valence-electron chi connectivity index (χ2n) is 11.1. The molecular weight excluding hydrogens is 559 g/mol. The molecule has 1 aliphatic heterocycles. The number of benzene rings is 2. The second-order valence-corrected chi connectivity index (χ2v) is 11.1. The fraction of sp³-hybridized carbons (Fsp3) is 0.455. The minimum Gasteiger partial charge on any atom is -0.463 e. The number of hydrogen-bond donors (Lipinski definition) is 1. The van der Waals surface area contributed by atoms with Gasteiger partial charge in [0.2, 0.25) is 0 Å². The van der Waals surface area contributed by atoms with Crippen molar-refractivity contribution in [3.8, 4) is 11.1 Å². The van der Waals surface area contributed by atoms with Crippen LogP contribution in [0.5, 0.6) is 0 Å². The number of ether oxygens (including phenoxy) is 2. The molecule has 0 radical (unpaired) electrons. The SMILES string of the molecule is CCOCCOC(=O)C[C@@H]1CN(Cc2ccncc2)CCN1Cc1ccc(-c2ccc(C(C)(O)C(F)(F)F)cc2)c(C)c1. The summed E-state index contributed by atoms with van der Waals surface area (Å²) < 4.78 is 50.5. The van der Waals surface area contributed by atoms with Crippen LogP contribution in [0.15, 0.2) is 67.0 Å². The summed E-state index contributed by atoms with van der Waals surface area (Å²) >= 11 is 0. The van der Waals surface area contributed by atoms with E-state index in [1.807, 2.05) is 38.1 Å². The maximum atomic E-state index is 13.3. The number of rotatable bonds is 12. The van der Waals surface area contributed by atoms with E-state index in [2.05, 4.69) is 20.9 Å². The van der Waals surface area contributed by atoms with Gasteiger partial charge < -0.3 is 14.6 Å². The molecule has 1 unspecified atom stereocenters. The molecule has 1 aliphatic rings. The van der Waals surface area contributed by atoms with Gasteiger partial charge in [-0.15, -0.1) is 0 Å². The smallest absolute Gasteiger partial charge is 0.421 e. The molecular formula is C33H40F3N3O4. The lowest BCUT2D eigenvalue weighted by Gasteiger charge is -2.41. The Bertz CT molecular complexity index is 1330. The Balaban J connectivity index is 1.45. The van der Waals surface area contributed by atoms with Crippen molar-refractivity contribution in [3.05, 3.63) is 89.2 Å². The molecule has 1 saturated heterocycles. The second kappa shape index (κ2) is 14.4. The summed E-state index contributed by atoms with van der Waals surface area (Å²) in [6.45, 7) is 9.57. The molecule has 1 fully saturated rings. The first-order chi connectivity index (χ1) is 20.5. The van der Waals surface area contributed by atoms with Crippen LogP contribution in [0.2, 0.25) is 0 Å². The number of aryl methyl sites for hydroxylation is 1. The third kappa shape index (κ3) is 8.63. The number of aliphatic hydroxyl groups is 1. The van der Waals surface area contributed by atoms with E-state index in [9.17, 15) is 23.1 Å². The predicted molar refractivity (Wildman–Crippen MR) is 158 cm³/mol. The monoisotopic (exact) mass is 599 g/mol. The normalized spacial score (nSPS) is 17.9. The maximum Gasteiger partial charge on any atom is 0.421 e. The van der Waals surface area contributed by atoms with E-state index in [-0.39, 0.29) is 30.6 Å². The zero-order chi connectivity index (χ0) is 31.0. The van der Waals surface area contributed by atoms with Gasteiger partial charge >= 0.3 is 12.1 Å². The Morgan fingerprint density at radius 2 is 1.72 bits per heavy atom. The minimum atomic E-state index is -4.77. The summed E-state index contributed by atoms with van der Waals surface area (Å²) in [6.07, 6.45) is -0.935. The van der Waals surface area contributed by atoms with Crippen LogP contribution in [-0.2, 0) is 33.0 Å². The van der Waals surface area contributed by atoms with E-state index < -0.39 is 11.8 Å². The molecule has 0 spiro atoms. The topological polar surface area (TPSA) is 75.1 Å². The van der Waals surface area contributed by atoms with Crippen molar-refractivity contribution in [1.82, 2.24) is 14.8 Å². The highest BCUT2D eigenvalue weighted by Crippen LogP contribution is 2.39. The van der Waals surface area contributed by atoms with Crippen molar-refractivity contribution in [1.29, 1.82) is 0 Å². The fourth-order valence-electron chi connectivity index (χ4n) is 5.38. The van der Waals surface area contributed by atoms with Crippen molar-refractivity contribution >= 4 is 5.97 Å². The van der Waals surface area contributed by atoms with E-state index in [0.29, 0.717) is 26.3 Å². The summed E-state index contributed by atoms with van der Waals surface area (Å²) in [4.78, 5) is 21.5. The molecule has 0 saturated carbocycles. The molecule has 232 valence electrons. The van der Waals surface area contributed by atoms with E-state index in [1.54, 1.807) is 24.5 Å². The predicted octanol–water partition coefficient (Wildman–Crippen LogP) is 5.48. The number of carbonyl (C=O) groups excluding carboxylic acids is 1. The lowest BCUT2D eigenvalue weighted by Crippen LogP contribution is -2.53. The van der Waals surface area contributed by atoms with Gasteiger partial charge in [-0.25, -0.2) is 0 Å². The number of hydrogen-bond acceptors (Lipinski definition) is 7. The summed E-state index contributed by atoms with van der Waals surface area (Å²) in [6, 6.07) is 15.9. The van der Waals surface area contributed by atoms with E-state index in [1.165, 1.54) is 17.7 Å². The zero-order valence-corrected chi connectivity index (χ0v) is 24.9. The van der Waals surface area contributed by atoms with Crippen LogP contribution >= 0.6 is 0 Å². The number of piperazine rings is 1. The highest BCUT2D eigenvalue weighted by atomic mass is 19.4. The first-order valence-electron chi connectivity index (χ1n) is 14.6. The van der Waals surface area contributed by atoms with Gasteiger partial charge in [-0.3, -0.25) is 19.6 Å². The highest BCUT2D eigenvalue weighted by molar-refractivity contribution is 5.70. The number of aromatic nitrogens is 1. The Morgan fingerprint density at radius 3 is 2.37 bits per heavy atom. The lowest BCUT2D eigenvalue weighted by atomic mass is 9.92. The van der Waals surface area contributed by atoms with Gasteiger partial charge in [0.15, 0.2) is 5.60 Å². The quantitative estimate of drug-likeness (QED) is 0.218. The van der Waals surface area contributed by atoms with Crippen LogP contribution in [0.1, 0.15) is 42.5 Å². The highest BCUT2D eigenvalue weighted by Gasteiger charge is 2.51. The van der Waals surface area contributed by atoms with Gasteiger partial charge in [0.05, 0.1) is 13.0 Å². The number of pyridine rings is 1. The first-order valence-corrected chi connectivity index (χ1v) is 14.6. The number of halogens is 3. The number of nitrogens with zero attached hydrogens (tertiary/aromatic N) is 3. The Kier molecular flexibility index (Phi) is 10.9. The molecule has 2 aromatic carbocycles.